The van der Waals surface area contributed by atoms with Gasteiger partial charge in [0.1, 0.15) is 0 Å². The van der Waals surface area contributed by atoms with Crippen LogP contribution >= 0.6 is 0 Å². The number of piperidine rings is 1. The molecule has 0 radical (unpaired) electrons. The van der Waals surface area contributed by atoms with Crippen LogP contribution in [-0.2, 0) is 17.8 Å². The summed E-state index contributed by atoms with van der Waals surface area (Å²) in [6.07, 6.45) is 6.29. The van der Waals surface area contributed by atoms with Gasteiger partial charge in [0, 0.05) is 38.1 Å². The molecule has 1 saturated heterocycles. The summed E-state index contributed by atoms with van der Waals surface area (Å²) >= 11 is 0. The third-order valence-corrected chi connectivity index (χ3v) is 6.52. The lowest BCUT2D eigenvalue weighted by molar-refractivity contribution is -0.132. The van der Waals surface area contributed by atoms with Crippen LogP contribution in [0.3, 0.4) is 0 Å². The number of aliphatic imine (C=N–C) groups is 1. The molecule has 3 rings (SSSR count). The van der Waals surface area contributed by atoms with Gasteiger partial charge in [-0.2, -0.15) is 0 Å². The quantitative estimate of drug-likeness (QED) is 0.380. The molecule has 31 heavy (non-hydrogen) atoms. The van der Waals surface area contributed by atoms with E-state index in [1.807, 2.05) is 4.90 Å². The van der Waals surface area contributed by atoms with Gasteiger partial charge in [0.15, 0.2) is 5.96 Å². The molecule has 0 saturated carbocycles. The van der Waals surface area contributed by atoms with E-state index in [-0.39, 0.29) is 11.4 Å². The minimum absolute atomic E-state index is 0.0727. The topological polar surface area (TPSA) is 60.0 Å². The first-order valence-electron chi connectivity index (χ1n) is 12.1. The second-order valence-corrected chi connectivity index (χ2v) is 9.42. The van der Waals surface area contributed by atoms with Gasteiger partial charge >= 0.3 is 0 Å². The van der Waals surface area contributed by atoms with E-state index in [1.54, 1.807) is 0 Å². The number of nitrogens with zero attached hydrogens (tertiary/aromatic N) is 3. The molecule has 1 fully saturated rings. The number of amides is 1. The van der Waals surface area contributed by atoms with Crippen LogP contribution in [0.1, 0.15) is 64.0 Å². The average molecular weight is 428 g/mol. The molecule has 0 spiro atoms. The first kappa shape index (κ1) is 23.6. The Morgan fingerprint density at radius 2 is 1.81 bits per heavy atom. The number of hydrogen-bond acceptors (Lipinski definition) is 3. The summed E-state index contributed by atoms with van der Waals surface area (Å²) < 4.78 is 0. The highest BCUT2D eigenvalue weighted by atomic mass is 16.2. The summed E-state index contributed by atoms with van der Waals surface area (Å²) in [7, 11) is 0. The predicted octanol–water partition coefficient (Wildman–Crippen LogP) is 3.17. The minimum Gasteiger partial charge on any atom is -0.357 e. The van der Waals surface area contributed by atoms with E-state index < -0.39 is 0 Å². The number of nitrogens with one attached hydrogen (secondary N) is 2. The van der Waals surface area contributed by atoms with Gasteiger partial charge in [-0.25, -0.2) is 0 Å². The van der Waals surface area contributed by atoms with Crippen molar-refractivity contribution >= 4 is 11.9 Å². The molecular weight excluding hydrogens is 386 g/mol. The number of likely N-dealkylation sites (tertiary alicyclic amines) is 1. The van der Waals surface area contributed by atoms with Gasteiger partial charge in [-0.1, -0.05) is 30.7 Å². The molecule has 0 aliphatic carbocycles. The molecule has 0 atom stereocenters. The summed E-state index contributed by atoms with van der Waals surface area (Å²) in [6, 6.07) is 8.46. The number of carbonyl (C=O) groups excluding carboxylic acids is 1. The molecule has 0 aromatic heterocycles. The van der Waals surface area contributed by atoms with Crippen molar-refractivity contribution in [2.24, 2.45) is 4.99 Å². The van der Waals surface area contributed by atoms with E-state index in [9.17, 15) is 4.79 Å². The SMILES string of the molecule is CCNC(=NCC(C)(C)N1CCCCC1)NCCCC(=O)N1CCc2ccccc2C1. The molecule has 0 bridgehead atoms. The minimum atomic E-state index is 0.0727. The summed E-state index contributed by atoms with van der Waals surface area (Å²) in [4.78, 5) is 22.1. The maximum Gasteiger partial charge on any atom is 0.222 e. The fourth-order valence-electron chi connectivity index (χ4n) is 4.53. The highest BCUT2D eigenvalue weighted by Crippen LogP contribution is 2.21. The maximum absolute atomic E-state index is 12.7. The monoisotopic (exact) mass is 427 g/mol. The Morgan fingerprint density at radius 1 is 1.06 bits per heavy atom. The highest BCUT2D eigenvalue weighted by Gasteiger charge is 2.27. The van der Waals surface area contributed by atoms with Crippen LogP contribution in [0.25, 0.3) is 0 Å². The highest BCUT2D eigenvalue weighted by molar-refractivity contribution is 5.80. The van der Waals surface area contributed by atoms with Crippen molar-refractivity contribution in [3.8, 4) is 0 Å². The second kappa shape index (κ2) is 11.5. The van der Waals surface area contributed by atoms with E-state index in [2.05, 4.69) is 60.6 Å². The Morgan fingerprint density at radius 3 is 2.55 bits per heavy atom. The Hall–Kier alpha value is -2.08. The van der Waals surface area contributed by atoms with Gasteiger partial charge in [-0.05, 0) is 70.7 Å². The van der Waals surface area contributed by atoms with Crippen molar-refractivity contribution in [3.63, 3.8) is 0 Å². The first-order valence-corrected chi connectivity index (χ1v) is 12.1. The zero-order valence-corrected chi connectivity index (χ0v) is 19.8. The maximum atomic E-state index is 12.7. The van der Waals surface area contributed by atoms with E-state index in [0.717, 1.165) is 51.5 Å². The standard InChI is InChI=1S/C25H41N5O/c1-4-26-24(28-20-25(2,3)30-16-8-5-9-17-30)27-15-10-13-23(31)29-18-14-21-11-6-7-12-22(21)19-29/h6-7,11-12H,4-5,8-10,13-20H2,1-3H3,(H2,26,27,28). The number of rotatable bonds is 8. The molecule has 6 heteroatoms. The van der Waals surface area contributed by atoms with Crippen molar-refractivity contribution in [2.45, 2.75) is 71.4 Å². The van der Waals surface area contributed by atoms with Gasteiger partial charge in [-0.15, -0.1) is 0 Å². The third kappa shape index (κ3) is 6.96. The molecule has 2 aliphatic rings. The number of benzene rings is 1. The van der Waals surface area contributed by atoms with Crippen molar-refractivity contribution in [3.05, 3.63) is 35.4 Å². The molecular formula is C25H41N5O. The number of guanidine groups is 1. The molecule has 172 valence electrons. The molecule has 0 unspecified atom stereocenters. The number of fused-ring (bicyclic) bond motifs is 1. The Labute approximate surface area is 188 Å². The summed E-state index contributed by atoms with van der Waals surface area (Å²) in [5.74, 6) is 1.11. The lowest BCUT2D eigenvalue weighted by Crippen LogP contribution is -2.49. The third-order valence-electron chi connectivity index (χ3n) is 6.52. The number of carbonyl (C=O) groups is 1. The van der Waals surface area contributed by atoms with Gasteiger partial charge in [-0.3, -0.25) is 14.7 Å². The van der Waals surface area contributed by atoms with E-state index in [0.29, 0.717) is 6.42 Å². The number of hydrogen-bond donors (Lipinski definition) is 2. The van der Waals surface area contributed by atoms with Crippen LogP contribution in [0.5, 0.6) is 0 Å². The molecule has 2 heterocycles. The Kier molecular flexibility index (Phi) is 8.76. The lowest BCUT2D eigenvalue weighted by atomic mass is 9.99. The van der Waals surface area contributed by atoms with E-state index >= 15 is 0 Å². The summed E-state index contributed by atoms with van der Waals surface area (Å²) in [5, 5.41) is 6.77. The fraction of sp³-hybridized carbons (Fsp3) is 0.680. The van der Waals surface area contributed by atoms with Crippen LogP contribution in [-0.4, -0.2) is 66.5 Å². The molecule has 1 amide bonds. The van der Waals surface area contributed by atoms with Gasteiger partial charge in [0.05, 0.1) is 6.54 Å². The van der Waals surface area contributed by atoms with Gasteiger partial charge in [0.25, 0.3) is 0 Å². The van der Waals surface area contributed by atoms with Crippen molar-refractivity contribution in [1.29, 1.82) is 0 Å². The molecule has 1 aromatic rings. The van der Waals surface area contributed by atoms with Crippen molar-refractivity contribution < 1.29 is 4.79 Å². The first-order chi connectivity index (χ1) is 15.0. The molecule has 6 nitrogen and oxygen atoms in total. The zero-order chi connectivity index (χ0) is 22.1. The van der Waals surface area contributed by atoms with Crippen molar-refractivity contribution in [1.82, 2.24) is 20.4 Å². The smallest absolute Gasteiger partial charge is 0.222 e. The fourth-order valence-corrected chi connectivity index (χ4v) is 4.53. The Balaban J connectivity index is 1.42. The molecule has 2 N–H and O–H groups in total. The zero-order valence-electron chi connectivity index (χ0n) is 19.8. The van der Waals surface area contributed by atoms with Crippen LogP contribution < -0.4 is 10.6 Å². The van der Waals surface area contributed by atoms with Crippen LogP contribution in [0.4, 0.5) is 0 Å². The van der Waals surface area contributed by atoms with Crippen LogP contribution in [0, 0.1) is 0 Å². The summed E-state index contributed by atoms with van der Waals surface area (Å²) in [6.45, 7) is 13.0. The molecule has 1 aromatic carbocycles. The normalized spacial score (nSPS) is 17.9. The average Bonchev–Trinajstić information content (AvgIpc) is 2.80. The summed E-state index contributed by atoms with van der Waals surface area (Å²) in [5.41, 5.74) is 2.74. The predicted molar refractivity (Wildman–Crippen MR) is 128 cm³/mol. The lowest BCUT2D eigenvalue weighted by Gasteiger charge is -2.40. The second-order valence-electron chi connectivity index (χ2n) is 9.42. The van der Waals surface area contributed by atoms with Crippen molar-refractivity contribution in [2.75, 3.05) is 39.3 Å². The van der Waals surface area contributed by atoms with Crippen LogP contribution in [0.15, 0.2) is 29.3 Å². The van der Waals surface area contributed by atoms with Gasteiger partial charge < -0.3 is 15.5 Å². The van der Waals surface area contributed by atoms with E-state index in [4.69, 9.17) is 4.99 Å². The van der Waals surface area contributed by atoms with Crippen LogP contribution in [0.2, 0.25) is 0 Å². The largest absolute Gasteiger partial charge is 0.357 e. The molecule has 2 aliphatic heterocycles. The Bertz CT molecular complexity index is 739. The van der Waals surface area contributed by atoms with E-state index in [1.165, 1.54) is 43.5 Å². The van der Waals surface area contributed by atoms with Gasteiger partial charge in [0.2, 0.25) is 5.91 Å².